The summed E-state index contributed by atoms with van der Waals surface area (Å²) in [5.74, 6) is -0.978. The fourth-order valence-electron chi connectivity index (χ4n) is 2.80. The summed E-state index contributed by atoms with van der Waals surface area (Å²) in [6.07, 6.45) is 3.29. The molecule has 3 N–H and O–H groups in total. The van der Waals surface area contributed by atoms with Crippen LogP contribution in [0.4, 0.5) is 10.5 Å². The van der Waals surface area contributed by atoms with E-state index >= 15 is 0 Å². The number of urea groups is 1. The van der Waals surface area contributed by atoms with Crippen molar-refractivity contribution in [1.29, 1.82) is 0 Å². The maximum atomic E-state index is 12.2. The zero-order chi connectivity index (χ0) is 22.6. The van der Waals surface area contributed by atoms with Crippen molar-refractivity contribution in [3.8, 4) is 0 Å². The third-order valence-electron chi connectivity index (χ3n) is 4.45. The van der Waals surface area contributed by atoms with Crippen LogP contribution in [0.25, 0.3) is 0 Å². The Morgan fingerprint density at radius 2 is 1.58 bits per heavy atom. The van der Waals surface area contributed by atoms with Gasteiger partial charge in [-0.25, -0.2) is 9.59 Å². The van der Waals surface area contributed by atoms with Gasteiger partial charge in [-0.05, 0) is 62.1 Å². The van der Waals surface area contributed by atoms with Crippen LogP contribution in [0.5, 0.6) is 0 Å². The SMILES string of the molecule is CCCCc1ccc(NC(=O)COC(=O)c2ccc(CNC(=O)NC(C)C)cc2)cc1. The Balaban J connectivity index is 1.76. The number of rotatable bonds is 10. The Morgan fingerprint density at radius 1 is 0.935 bits per heavy atom. The molecule has 0 fully saturated rings. The van der Waals surface area contributed by atoms with E-state index in [-0.39, 0.29) is 18.7 Å². The number of carbonyl (C=O) groups excluding carboxylic acids is 3. The van der Waals surface area contributed by atoms with Gasteiger partial charge in [0.15, 0.2) is 6.61 Å². The van der Waals surface area contributed by atoms with Crippen molar-refractivity contribution >= 4 is 23.6 Å². The summed E-state index contributed by atoms with van der Waals surface area (Å²) in [6, 6.07) is 14.1. The van der Waals surface area contributed by atoms with Gasteiger partial charge in [0, 0.05) is 18.3 Å². The van der Waals surface area contributed by atoms with Crippen molar-refractivity contribution in [2.45, 2.75) is 52.6 Å². The van der Waals surface area contributed by atoms with Crippen molar-refractivity contribution in [2.24, 2.45) is 0 Å². The molecule has 0 aliphatic rings. The zero-order valence-corrected chi connectivity index (χ0v) is 18.4. The minimum absolute atomic E-state index is 0.0551. The fraction of sp³-hybridized carbons (Fsp3) is 0.375. The number of aryl methyl sites for hydroxylation is 1. The van der Waals surface area contributed by atoms with Crippen LogP contribution in [0.15, 0.2) is 48.5 Å². The molecule has 2 rings (SSSR count). The van der Waals surface area contributed by atoms with E-state index in [0.29, 0.717) is 17.8 Å². The highest BCUT2D eigenvalue weighted by Crippen LogP contribution is 2.12. The van der Waals surface area contributed by atoms with Crippen LogP contribution in [-0.4, -0.2) is 30.6 Å². The molecule has 0 spiro atoms. The van der Waals surface area contributed by atoms with Crippen LogP contribution in [-0.2, 0) is 22.5 Å². The Labute approximate surface area is 183 Å². The van der Waals surface area contributed by atoms with E-state index in [2.05, 4.69) is 22.9 Å². The van der Waals surface area contributed by atoms with Crippen molar-refractivity contribution in [2.75, 3.05) is 11.9 Å². The van der Waals surface area contributed by atoms with Gasteiger partial charge in [0.05, 0.1) is 5.56 Å². The molecule has 7 heteroatoms. The molecule has 0 heterocycles. The molecule has 0 bridgehead atoms. The topological polar surface area (TPSA) is 96.5 Å². The highest BCUT2D eigenvalue weighted by Gasteiger charge is 2.11. The Hall–Kier alpha value is -3.35. The monoisotopic (exact) mass is 425 g/mol. The lowest BCUT2D eigenvalue weighted by Crippen LogP contribution is -2.39. The molecule has 31 heavy (non-hydrogen) atoms. The second kappa shape index (κ2) is 12.4. The third kappa shape index (κ3) is 8.90. The Bertz CT molecular complexity index is 861. The van der Waals surface area contributed by atoms with Crippen molar-refractivity contribution < 1.29 is 19.1 Å². The van der Waals surface area contributed by atoms with Crippen LogP contribution >= 0.6 is 0 Å². The first-order valence-electron chi connectivity index (χ1n) is 10.6. The van der Waals surface area contributed by atoms with Crippen LogP contribution < -0.4 is 16.0 Å². The molecule has 0 saturated heterocycles. The second-order valence-corrected chi connectivity index (χ2v) is 7.60. The van der Waals surface area contributed by atoms with Gasteiger partial charge in [-0.1, -0.05) is 37.6 Å². The summed E-state index contributed by atoms with van der Waals surface area (Å²) < 4.78 is 5.09. The molecule has 0 aromatic heterocycles. The summed E-state index contributed by atoms with van der Waals surface area (Å²) in [5, 5.41) is 8.19. The number of unbranched alkanes of at least 4 members (excludes halogenated alkanes) is 1. The Morgan fingerprint density at radius 3 is 2.19 bits per heavy atom. The molecule has 2 aromatic carbocycles. The van der Waals surface area contributed by atoms with E-state index in [1.807, 2.05) is 38.1 Å². The smallest absolute Gasteiger partial charge is 0.338 e. The van der Waals surface area contributed by atoms with Crippen LogP contribution in [0.2, 0.25) is 0 Å². The maximum absolute atomic E-state index is 12.2. The summed E-state index contributed by atoms with van der Waals surface area (Å²) in [5.41, 5.74) is 3.07. The predicted octanol–water partition coefficient (Wildman–Crippen LogP) is 4.03. The van der Waals surface area contributed by atoms with E-state index in [0.717, 1.165) is 24.8 Å². The van der Waals surface area contributed by atoms with Gasteiger partial charge in [0.1, 0.15) is 0 Å². The van der Waals surface area contributed by atoms with Crippen LogP contribution in [0.3, 0.4) is 0 Å². The van der Waals surface area contributed by atoms with E-state index in [4.69, 9.17) is 4.74 Å². The van der Waals surface area contributed by atoms with E-state index in [1.165, 1.54) is 5.56 Å². The largest absolute Gasteiger partial charge is 0.452 e. The Kier molecular flexibility index (Phi) is 9.55. The molecular formula is C24H31N3O4. The quantitative estimate of drug-likeness (QED) is 0.501. The van der Waals surface area contributed by atoms with Crippen LogP contribution in [0, 0.1) is 0 Å². The zero-order valence-electron chi connectivity index (χ0n) is 18.4. The number of hydrogen-bond donors (Lipinski definition) is 3. The van der Waals surface area contributed by atoms with E-state index in [1.54, 1.807) is 24.3 Å². The van der Waals surface area contributed by atoms with Gasteiger partial charge in [-0.3, -0.25) is 4.79 Å². The number of anilines is 1. The number of esters is 1. The molecule has 0 saturated carbocycles. The lowest BCUT2D eigenvalue weighted by atomic mass is 10.1. The minimum atomic E-state index is -0.581. The highest BCUT2D eigenvalue weighted by atomic mass is 16.5. The molecule has 0 unspecified atom stereocenters. The second-order valence-electron chi connectivity index (χ2n) is 7.60. The molecular weight excluding hydrogens is 394 g/mol. The van der Waals surface area contributed by atoms with Crippen molar-refractivity contribution in [3.63, 3.8) is 0 Å². The number of benzene rings is 2. The molecule has 0 aliphatic heterocycles. The van der Waals surface area contributed by atoms with E-state index in [9.17, 15) is 14.4 Å². The van der Waals surface area contributed by atoms with Gasteiger partial charge in [0.2, 0.25) is 0 Å². The first-order valence-corrected chi connectivity index (χ1v) is 10.6. The molecule has 0 atom stereocenters. The summed E-state index contributed by atoms with van der Waals surface area (Å²) in [7, 11) is 0. The molecule has 7 nitrogen and oxygen atoms in total. The number of amides is 3. The predicted molar refractivity (Wildman–Crippen MR) is 121 cm³/mol. The van der Waals surface area contributed by atoms with Gasteiger partial charge in [0.25, 0.3) is 5.91 Å². The average molecular weight is 426 g/mol. The molecule has 166 valence electrons. The highest BCUT2D eigenvalue weighted by molar-refractivity contribution is 5.95. The molecule has 0 aliphatic carbocycles. The first-order chi connectivity index (χ1) is 14.9. The van der Waals surface area contributed by atoms with E-state index < -0.39 is 11.9 Å². The van der Waals surface area contributed by atoms with Gasteiger partial charge < -0.3 is 20.7 Å². The average Bonchev–Trinajstić information content (AvgIpc) is 2.75. The van der Waals surface area contributed by atoms with Crippen molar-refractivity contribution in [3.05, 3.63) is 65.2 Å². The molecule has 3 amide bonds. The lowest BCUT2D eigenvalue weighted by Gasteiger charge is -2.10. The third-order valence-corrected chi connectivity index (χ3v) is 4.45. The summed E-state index contributed by atoms with van der Waals surface area (Å²) in [6.45, 7) is 5.88. The normalized spacial score (nSPS) is 10.5. The molecule has 0 radical (unpaired) electrons. The van der Waals surface area contributed by atoms with Gasteiger partial charge >= 0.3 is 12.0 Å². The van der Waals surface area contributed by atoms with Crippen molar-refractivity contribution in [1.82, 2.24) is 10.6 Å². The van der Waals surface area contributed by atoms with Gasteiger partial charge in [-0.15, -0.1) is 0 Å². The standard InChI is InChI=1S/C24H31N3O4/c1-4-5-6-18-9-13-21(14-10-18)27-22(28)16-31-23(29)20-11-7-19(8-12-20)15-25-24(30)26-17(2)3/h7-14,17H,4-6,15-16H2,1-3H3,(H,27,28)(H2,25,26,30). The number of carbonyl (C=O) groups is 3. The number of nitrogens with one attached hydrogen (secondary N) is 3. The minimum Gasteiger partial charge on any atom is -0.452 e. The van der Waals surface area contributed by atoms with Crippen LogP contribution in [0.1, 0.15) is 55.1 Å². The fourth-order valence-corrected chi connectivity index (χ4v) is 2.80. The molecule has 2 aromatic rings. The number of hydrogen-bond acceptors (Lipinski definition) is 4. The summed E-state index contributed by atoms with van der Waals surface area (Å²) in [4.78, 5) is 35.8. The van der Waals surface area contributed by atoms with Gasteiger partial charge in [-0.2, -0.15) is 0 Å². The first kappa shape index (κ1) is 23.9. The number of ether oxygens (including phenoxy) is 1. The maximum Gasteiger partial charge on any atom is 0.338 e. The summed E-state index contributed by atoms with van der Waals surface area (Å²) >= 11 is 0. The lowest BCUT2D eigenvalue weighted by molar-refractivity contribution is -0.119.